The summed E-state index contributed by atoms with van der Waals surface area (Å²) in [6.45, 7) is 14.9. The first-order valence-electron chi connectivity index (χ1n) is 17.6. The second kappa shape index (κ2) is 17.8. The number of fused-ring (bicyclic) bond motifs is 2. The summed E-state index contributed by atoms with van der Waals surface area (Å²) in [6, 6.07) is -1.54. The van der Waals surface area contributed by atoms with Crippen LogP contribution in [-0.4, -0.2) is 82.6 Å². The molecule has 14 nitrogen and oxygen atoms in total. The first-order chi connectivity index (χ1) is 22.3. The van der Waals surface area contributed by atoms with E-state index < -0.39 is 45.7 Å². The van der Waals surface area contributed by atoms with Crippen LogP contribution in [0.5, 0.6) is 0 Å². The summed E-state index contributed by atoms with van der Waals surface area (Å²) < 4.78 is 49.4. The van der Waals surface area contributed by atoms with E-state index in [9.17, 15) is 18.0 Å². The molecule has 0 radical (unpaired) electrons. The number of hydrogen-bond acceptors (Lipinski definition) is 11. The van der Waals surface area contributed by atoms with Crippen molar-refractivity contribution in [2.75, 3.05) is 19.6 Å². The molecule has 1 aromatic rings. The number of ether oxygens (including phenoxy) is 1. The number of aryl methyl sites for hydroxylation is 1. The number of carbonyl (C=O) groups is 2. The van der Waals surface area contributed by atoms with Crippen molar-refractivity contribution < 1.29 is 35.7 Å². The van der Waals surface area contributed by atoms with Crippen LogP contribution in [0.3, 0.4) is 0 Å². The lowest BCUT2D eigenvalue weighted by Gasteiger charge is -2.43. The van der Waals surface area contributed by atoms with E-state index in [1.165, 1.54) is 4.90 Å². The number of urea groups is 1. The van der Waals surface area contributed by atoms with Gasteiger partial charge in [0.15, 0.2) is 0 Å². The fourth-order valence-corrected chi connectivity index (χ4v) is 7.20. The Morgan fingerprint density at radius 2 is 1.66 bits per heavy atom. The molecule has 2 saturated heterocycles. The molecule has 0 aromatic carbocycles. The van der Waals surface area contributed by atoms with Gasteiger partial charge in [0.2, 0.25) is 11.8 Å². The van der Waals surface area contributed by atoms with Crippen molar-refractivity contribution in [3.05, 3.63) is 11.8 Å². The van der Waals surface area contributed by atoms with E-state index in [2.05, 4.69) is 43.2 Å². The molecule has 0 saturated carbocycles. The molecular weight excluding hydrogens is 628 g/mol. The normalized spacial score (nSPS) is 18.8. The number of nitrogens with one attached hydrogen (secondary N) is 1. The highest BCUT2D eigenvalue weighted by Crippen LogP contribution is 2.39. The maximum atomic E-state index is 13.5. The topological polar surface area (TPSA) is 157 Å². The molecule has 2 atom stereocenters. The van der Waals surface area contributed by atoms with Crippen molar-refractivity contribution in [1.29, 1.82) is 0 Å². The van der Waals surface area contributed by atoms with E-state index >= 15 is 0 Å². The van der Waals surface area contributed by atoms with Crippen LogP contribution in [0.1, 0.15) is 150 Å². The zero-order chi connectivity index (χ0) is 34.7. The van der Waals surface area contributed by atoms with E-state index in [0.29, 0.717) is 44.7 Å². The first kappa shape index (κ1) is 39.0. The Balaban J connectivity index is 1.65. The van der Waals surface area contributed by atoms with Gasteiger partial charge in [0.25, 0.3) is 0 Å². The minimum absolute atomic E-state index is 0.267. The summed E-state index contributed by atoms with van der Waals surface area (Å²) in [4.78, 5) is 26.9. The zero-order valence-electron chi connectivity index (χ0n) is 29.6. The molecule has 2 fully saturated rings. The van der Waals surface area contributed by atoms with Gasteiger partial charge in [0.1, 0.15) is 11.6 Å². The van der Waals surface area contributed by atoms with Crippen LogP contribution in [0, 0.1) is 0 Å². The number of hydrogen-bond donors (Lipinski definition) is 1. The average molecular weight is 687 g/mol. The Hall–Kier alpha value is -2.49. The first-order valence-corrected chi connectivity index (χ1v) is 18.9. The standard InChI is InChI=1S/C32H58N6O8S/c1-8-12-20-32(19-11-4,21-13-9-2)37(23-14-10-3)45-47(41,42)46-38-25-17-18-26(36(24-25)30(38)40)28-35-34-27(43-28)16-15-22-33-29(39)44-31(5,6)7/h25-26H,8-24H2,1-7H3,(H,33,39)/t25?,26-/m0/s1. The predicted octanol–water partition coefficient (Wildman–Crippen LogP) is 6.60. The summed E-state index contributed by atoms with van der Waals surface area (Å²) in [5, 5.41) is 13.6. The van der Waals surface area contributed by atoms with Gasteiger partial charge in [-0.3, -0.25) is 0 Å². The van der Waals surface area contributed by atoms with Gasteiger partial charge in [0.05, 0.1) is 6.04 Å². The van der Waals surface area contributed by atoms with Crippen molar-refractivity contribution >= 4 is 22.5 Å². The van der Waals surface area contributed by atoms with Crippen LogP contribution < -0.4 is 5.32 Å². The Kier molecular flexibility index (Phi) is 14.7. The number of carbonyl (C=O) groups excluding carboxylic acids is 2. The van der Waals surface area contributed by atoms with Crippen LogP contribution in [0.2, 0.25) is 0 Å². The summed E-state index contributed by atoms with van der Waals surface area (Å²) in [6.07, 6.45) is 10.4. The highest BCUT2D eigenvalue weighted by molar-refractivity contribution is 7.81. The van der Waals surface area contributed by atoms with Gasteiger partial charge in [0, 0.05) is 31.6 Å². The third-order valence-corrected chi connectivity index (χ3v) is 9.34. The van der Waals surface area contributed by atoms with Gasteiger partial charge < -0.3 is 19.4 Å². The third-order valence-electron chi connectivity index (χ3n) is 8.63. The summed E-state index contributed by atoms with van der Waals surface area (Å²) in [7, 11) is -4.61. The largest absolute Gasteiger partial charge is 0.444 e. The molecule has 3 amide bonds. The lowest BCUT2D eigenvalue weighted by molar-refractivity contribution is -0.172. The summed E-state index contributed by atoms with van der Waals surface area (Å²) in [5.74, 6) is 0.674. The van der Waals surface area contributed by atoms with E-state index in [1.54, 1.807) is 25.8 Å². The number of amides is 3. The van der Waals surface area contributed by atoms with Crippen LogP contribution >= 0.6 is 0 Å². The molecule has 15 heteroatoms. The van der Waals surface area contributed by atoms with Crippen molar-refractivity contribution in [3.63, 3.8) is 0 Å². The van der Waals surface area contributed by atoms with Gasteiger partial charge >= 0.3 is 22.5 Å². The Morgan fingerprint density at radius 3 is 2.28 bits per heavy atom. The Morgan fingerprint density at radius 1 is 0.979 bits per heavy atom. The van der Waals surface area contributed by atoms with Crippen molar-refractivity contribution in [3.8, 4) is 0 Å². The lowest BCUT2D eigenvalue weighted by Crippen LogP contribution is -2.51. The van der Waals surface area contributed by atoms with Gasteiger partial charge in [-0.25, -0.2) is 9.59 Å². The highest BCUT2D eigenvalue weighted by Gasteiger charge is 2.50. The molecule has 1 aromatic heterocycles. The van der Waals surface area contributed by atoms with Gasteiger partial charge in [-0.2, -0.15) is 22.8 Å². The quantitative estimate of drug-likeness (QED) is 0.110. The minimum atomic E-state index is -4.61. The number of nitrogens with zero attached hydrogens (tertiary/aromatic N) is 5. The fourth-order valence-electron chi connectivity index (χ4n) is 6.34. The van der Waals surface area contributed by atoms with E-state index in [1.807, 2.05) is 0 Å². The molecule has 1 unspecified atom stereocenters. The van der Waals surface area contributed by atoms with Gasteiger partial charge in [-0.05, 0) is 65.7 Å². The molecule has 3 heterocycles. The number of aromatic nitrogens is 2. The van der Waals surface area contributed by atoms with Crippen molar-refractivity contribution in [1.82, 2.24) is 30.5 Å². The SMILES string of the molecule is CCCCN(OS(=O)(=O)ON1C(=O)N2CC1CC[C@H]2c1nnc(CCCNC(=O)OC(C)(C)C)o1)C(CCC)(CCCC)CCCC. The maximum absolute atomic E-state index is 13.5. The average Bonchev–Trinajstić information content (AvgIpc) is 3.57. The predicted molar refractivity (Wildman–Crippen MR) is 176 cm³/mol. The molecule has 0 aliphatic carbocycles. The zero-order valence-corrected chi connectivity index (χ0v) is 30.4. The second-order valence-electron chi connectivity index (χ2n) is 13.8. The molecule has 1 N–H and O–H groups in total. The number of rotatable bonds is 21. The Bertz CT molecular complexity index is 1230. The fraction of sp³-hybridized carbons (Fsp3) is 0.875. The number of piperidine rings is 1. The van der Waals surface area contributed by atoms with Crippen LogP contribution in [0.15, 0.2) is 4.42 Å². The molecule has 47 heavy (non-hydrogen) atoms. The van der Waals surface area contributed by atoms with Crippen molar-refractivity contribution in [2.24, 2.45) is 0 Å². The summed E-state index contributed by atoms with van der Waals surface area (Å²) in [5.41, 5.74) is -1.01. The molecule has 3 rings (SSSR count). The van der Waals surface area contributed by atoms with Gasteiger partial charge in [-0.15, -0.1) is 14.5 Å². The summed E-state index contributed by atoms with van der Waals surface area (Å²) >= 11 is 0. The third kappa shape index (κ3) is 11.3. The molecule has 2 aliphatic rings. The van der Waals surface area contributed by atoms with Crippen LogP contribution in [0.4, 0.5) is 9.59 Å². The Labute approximate surface area is 281 Å². The molecule has 2 aliphatic heterocycles. The van der Waals surface area contributed by atoms with Crippen LogP contribution in [-0.2, 0) is 30.1 Å². The molecule has 0 spiro atoms. The van der Waals surface area contributed by atoms with E-state index in [4.69, 9.17) is 17.7 Å². The van der Waals surface area contributed by atoms with E-state index in [-0.39, 0.29) is 12.4 Å². The van der Waals surface area contributed by atoms with Crippen LogP contribution in [0.25, 0.3) is 0 Å². The highest BCUT2D eigenvalue weighted by atomic mass is 32.3. The molecule has 2 bridgehead atoms. The van der Waals surface area contributed by atoms with Crippen molar-refractivity contribution in [2.45, 2.75) is 162 Å². The lowest BCUT2D eigenvalue weighted by atomic mass is 9.82. The number of hydroxylamine groups is 4. The molecule has 270 valence electrons. The maximum Gasteiger partial charge on any atom is 0.437 e. The smallest absolute Gasteiger partial charge is 0.437 e. The van der Waals surface area contributed by atoms with E-state index in [0.717, 1.165) is 69.3 Å². The number of alkyl carbamates (subject to hydrolysis) is 1. The monoisotopic (exact) mass is 686 g/mol. The molecular formula is C32H58N6O8S. The number of unbranched alkanes of at least 4 members (excludes halogenated alkanes) is 3. The second-order valence-corrected chi connectivity index (χ2v) is 14.9. The van der Waals surface area contributed by atoms with Gasteiger partial charge in [-0.1, -0.05) is 66.2 Å². The minimum Gasteiger partial charge on any atom is -0.444 e.